The van der Waals surface area contributed by atoms with Crippen LogP contribution in [-0.2, 0) is 11.3 Å². The van der Waals surface area contributed by atoms with Crippen LogP contribution in [0.5, 0.6) is 0 Å². The molecular formula is C20H21Cl2NO2. The number of carbonyl (C=O) groups is 1. The van der Waals surface area contributed by atoms with Crippen molar-refractivity contribution < 1.29 is 9.53 Å². The Morgan fingerprint density at radius 1 is 1.20 bits per heavy atom. The van der Waals surface area contributed by atoms with Gasteiger partial charge in [0.05, 0.1) is 23.3 Å². The van der Waals surface area contributed by atoms with Crippen LogP contribution in [0, 0.1) is 6.92 Å². The molecule has 132 valence electrons. The third-order valence-corrected chi connectivity index (χ3v) is 4.98. The van der Waals surface area contributed by atoms with Gasteiger partial charge < -0.3 is 9.64 Å². The summed E-state index contributed by atoms with van der Waals surface area (Å²) in [5, 5.41) is 0.916. The molecule has 0 aliphatic carbocycles. The maximum atomic E-state index is 12.7. The number of aryl methyl sites for hydroxylation is 1. The lowest BCUT2D eigenvalue weighted by atomic mass is 10.1. The van der Waals surface area contributed by atoms with Crippen LogP contribution in [0.4, 0.5) is 0 Å². The fraction of sp³-hybridized carbons (Fsp3) is 0.350. The summed E-state index contributed by atoms with van der Waals surface area (Å²) in [6, 6.07) is 13.3. The van der Waals surface area contributed by atoms with Crippen LogP contribution in [0.25, 0.3) is 0 Å². The van der Waals surface area contributed by atoms with Crippen molar-refractivity contribution in [2.45, 2.75) is 32.5 Å². The molecule has 25 heavy (non-hydrogen) atoms. The molecule has 5 heteroatoms. The van der Waals surface area contributed by atoms with E-state index < -0.39 is 0 Å². The van der Waals surface area contributed by atoms with Crippen molar-refractivity contribution in [1.29, 1.82) is 0 Å². The Bertz CT molecular complexity index is 746. The largest absolute Gasteiger partial charge is 0.372 e. The second-order valence-corrected chi connectivity index (χ2v) is 7.28. The number of hydrogen-bond acceptors (Lipinski definition) is 2. The highest BCUT2D eigenvalue weighted by Gasteiger charge is 2.26. The molecule has 3 nitrogen and oxygen atoms in total. The normalized spacial score (nSPS) is 17.6. The van der Waals surface area contributed by atoms with Gasteiger partial charge in [0.2, 0.25) is 0 Å². The van der Waals surface area contributed by atoms with Crippen molar-refractivity contribution >= 4 is 29.1 Å². The number of piperidine rings is 1. The van der Waals surface area contributed by atoms with Gasteiger partial charge in [0.15, 0.2) is 0 Å². The molecule has 0 spiro atoms. The van der Waals surface area contributed by atoms with E-state index in [4.69, 9.17) is 27.9 Å². The highest BCUT2D eigenvalue weighted by atomic mass is 35.5. The minimum Gasteiger partial charge on any atom is -0.372 e. The zero-order valence-corrected chi connectivity index (χ0v) is 15.7. The molecule has 0 saturated carbocycles. The van der Waals surface area contributed by atoms with Crippen LogP contribution >= 0.6 is 23.2 Å². The Morgan fingerprint density at radius 2 is 1.96 bits per heavy atom. The lowest BCUT2D eigenvalue weighted by Crippen LogP contribution is -2.43. The average Bonchev–Trinajstić information content (AvgIpc) is 2.61. The van der Waals surface area contributed by atoms with Gasteiger partial charge in [-0.1, -0.05) is 53.0 Å². The van der Waals surface area contributed by atoms with Crippen LogP contribution in [0.15, 0.2) is 42.5 Å². The van der Waals surface area contributed by atoms with Gasteiger partial charge in [0.1, 0.15) is 0 Å². The zero-order valence-electron chi connectivity index (χ0n) is 14.2. The quantitative estimate of drug-likeness (QED) is 0.739. The SMILES string of the molecule is Cc1ccc(COC2CCCN(C(=O)c3ccc(Cl)cc3Cl)C2)cc1. The fourth-order valence-electron chi connectivity index (χ4n) is 2.99. The molecule has 1 aliphatic rings. The molecule has 1 saturated heterocycles. The van der Waals surface area contributed by atoms with E-state index in [0.29, 0.717) is 28.8 Å². The Morgan fingerprint density at radius 3 is 2.68 bits per heavy atom. The molecule has 1 fully saturated rings. The third kappa shape index (κ3) is 4.75. The molecule has 2 aromatic carbocycles. The van der Waals surface area contributed by atoms with Gasteiger partial charge in [-0.05, 0) is 43.5 Å². The first-order valence-electron chi connectivity index (χ1n) is 8.44. The number of rotatable bonds is 4. The number of hydrogen-bond donors (Lipinski definition) is 0. The van der Waals surface area contributed by atoms with Crippen LogP contribution in [0.2, 0.25) is 10.0 Å². The maximum absolute atomic E-state index is 12.7. The molecule has 0 bridgehead atoms. The Labute approximate surface area is 158 Å². The van der Waals surface area contributed by atoms with Crippen molar-refractivity contribution in [1.82, 2.24) is 4.90 Å². The smallest absolute Gasteiger partial charge is 0.255 e. The van der Waals surface area contributed by atoms with Crippen molar-refractivity contribution in [3.05, 3.63) is 69.2 Å². The summed E-state index contributed by atoms with van der Waals surface area (Å²) in [6.07, 6.45) is 1.93. The first-order valence-corrected chi connectivity index (χ1v) is 9.20. The summed E-state index contributed by atoms with van der Waals surface area (Å²) in [5.41, 5.74) is 2.87. The van der Waals surface area contributed by atoms with E-state index in [1.807, 2.05) is 4.90 Å². The van der Waals surface area contributed by atoms with Gasteiger partial charge >= 0.3 is 0 Å². The topological polar surface area (TPSA) is 29.5 Å². The number of amides is 1. The van der Waals surface area contributed by atoms with Crippen molar-refractivity contribution in [2.24, 2.45) is 0 Å². The minimum atomic E-state index is -0.0645. The predicted molar refractivity (Wildman–Crippen MR) is 101 cm³/mol. The van der Waals surface area contributed by atoms with E-state index in [9.17, 15) is 4.79 Å². The summed E-state index contributed by atoms with van der Waals surface area (Å²) < 4.78 is 6.03. The first kappa shape index (κ1) is 18.2. The van der Waals surface area contributed by atoms with Crippen molar-refractivity contribution in [3.63, 3.8) is 0 Å². The lowest BCUT2D eigenvalue weighted by Gasteiger charge is -2.33. The highest BCUT2D eigenvalue weighted by molar-refractivity contribution is 6.36. The Kier molecular flexibility index (Phi) is 6.00. The molecule has 0 aromatic heterocycles. The highest BCUT2D eigenvalue weighted by Crippen LogP contribution is 2.24. The van der Waals surface area contributed by atoms with Crippen LogP contribution in [-0.4, -0.2) is 30.0 Å². The number of carbonyl (C=O) groups excluding carboxylic acids is 1. The van der Waals surface area contributed by atoms with Gasteiger partial charge in [-0.15, -0.1) is 0 Å². The van der Waals surface area contributed by atoms with Crippen LogP contribution < -0.4 is 0 Å². The molecule has 0 radical (unpaired) electrons. The predicted octanol–water partition coefficient (Wildman–Crippen LogP) is 5.12. The molecule has 1 heterocycles. The van der Waals surface area contributed by atoms with Gasteiger partial charge in [-0.3, -0.25) is 4.79 Å². The van der Waals surface area contributed by atoms with E-state index in [1.54, 1.807) is 18.2 Å². The summed E-state index contributed by atoms with van der Waals surface area (Å²) in [5.74, 6) is -0.0645. The summed E-state index contributed by atoms with van der Waals surface area (Å²) in [6.45, 7) is 3.94. The minimum absolute atomic E-state index is 0.0464. The maximum Gasteiger partial charge on any atom is 0.255 e. The number of nitrogens with zero attached hydrogens (tertiary/aromatic N) is 1. The van der Waals surface area contributed by atoms with Crippen LogP contribution in [0.1, 0.15) is 34.3 Å². The molecule has 1 amide bonds. The molecule has 0 N–H and O–H groups in total. The van der Waals surface area contributed by atoms with Gasteiger partial charge in [-0.2, -0.15) is 0 Å². The van der Waals surface area contributed by atoms with E-state index in [2.05, 4.69) is 31.2 Å². The Hall–Kier alpha value is -1.55. The van der Waals surface area contributed by atoms with Gasteiger partial charge in [-0.25, -0.2) is 0 Å². The molecule has 1 atom stereocenters. The van der Waals surface area contributed by atoms with Gasteiger partial charge in [0.25, 0.3) is 5.91 Å². The van der Waals surface area contributed by atoms with E-state index in [1.165, 1.54) is 5.56 Å². The summed E-state index contributed by atoms with van der Waals surface area (Å²) in [4.78, 5) is 14.5. The standard InChI is InChI=1S/C20H21Cl2NO2/c1-14-4-6-15(7-5-14)13-25-17-3-2-10-23(12-17)20(24)18-9-8-16(21)11-19(18)22/h4-9,11,17H,2-3,10,12-13H2,1H3. The molecule has 1 unspecified atom stereocenters. The van der Waals surface area contributed by atoms with Crippen LogP contribution in [0.3, 0.4) is 0 Å². The van der Waals surface area contributed by atoms with Crippen molar-refractivity contribution in [3.8, 4) is 0 Å². The Balaban J connectivity index is 1.60. The van der Waals surface area contributed by atoms with Gasteiger partial charge in [0, 0.05) is 18.1 Å². The number of likely N-dealkylation sites (tertiary alicyclic amines) is 1. The average molecular weight is 378 g/mol. The molecule has 1 aliphatic heterocycles. The summed E-state index contributed by atoms with van der Waals surface area (Å²) in [7, 11) is 0. The zero-order chi connectivity index (χ0) is 17.8. The first-order chi connectivity index (χ1) is 12.0. The number of ether oxygens (including phenoxy) is 1. The third-order valence-electron chi connectivity index (χ3n) is 4.43. The fourth-order valence-corrected chi connectivity index (χ4v) is 3.48. The number of benzene rings is 2. The monoisotopic (exact) mass is 377 g/mol. The number of halogens is 2. The molecular weight excluding hydrogens is 357 g/mol. The van der Waals surface area contributed by atoms with E-state index in [0.717, 1.165) is 24.9 Å². The second kappa shape index (κ2) is 8.22. The summed E-state index contributed by atoms with van der Waals surface area (Å²) >= 11 is 12.1. The van der Waals surface area contributed by atoms with E-state index >= 15 is 0 Å². The van der Waals surface area contributed by atoms with Crippen molar-refractivity contribution in [2.75, 3.05) is 13.1 Å². The molecule has 2 aromatic rings. The second-order valence-electron chi connectivity index (χ2n) is 6.44. The molecule has 3 rings (SSSR count). The van der Waals surface area contributed by atoms with E-state index in [-0.39, 0.29) is 12.0 Å². The lowest BCUT2D eigenvalue weighted by molar-refractivity contribution is -0.00672.